The fourth-order valence-corrected chi connectivity index (χ4v) is 4.46. The molecule has 2 aliphatic rings. The lowest BCUT2D eigenvalue weighted by Gasteiger charge is -2.18. The van der Waals surface area contributed by atoms with Crippen LogP contribution < -0.4 is 0 Å². The van der Waals surface area contributed by atoms with E-state index in [2.05, 4.69) is 48.5 Å². The van der Waals surface area contributed by atoms with Crippen molar-refractivity contribution in [1.29, 1.82) is 0 Å². The van der Waals surface area contributed by atoms with Crippen molar-refractivity contribution in [3.8, 4) is 0 Å². The summed E-state index contributed by atoms with van der Waals surface area (Å²) in [7, 11) is 0. The Hall–Kier alpha value is -2.20. The molecule has 1 aliphatic heterocycles. The molecule has 0 atom stereocenters. The molecule has 3 aromatic carbocycles. The second kappa shape index (κ2) is 10.5. The van der Waals surface area contributed by atoms with Gasteiger partial charge in [0.15, 0.2) is 0 Å². The number of benzene rings is 3. The van der Waals surface area contributed by atoms with Crippen molar-refractivity contribution in [1.82, 2.24) is 0 Å². The molecule has 3 heteroatoms. The summed E-state index contributed by atoms with van der Waals surface area (Å²) >= 11 is 1.71. The third kappa shape index (κ3) is 5.24. The van der Waals surface area contributed by atoms with Crippen LogP contribution in [0.4, 0.5) is 0 Å². The van der Waals surface area contributed by atoms with Gasteiger partial charge in [-0.2, -0.15) is 11.3 Å². The van der Waals surface area contributed by atoms with Crippen LogP contribution in [0.15, 0.2) is 71.4 Å². The van der Waals surface area contributed by atoms with Crippen LogP contribution in [0, 0.1) is 0 Å². The molecule has 0 unspecified atom stereocenters. The van der Waals surface area contributed by atoms with Crippen molar-refractivity contribution in [2.75, 3.05) is 26.4 Å². The average molecular weight is 405 g/mol. The zero-order valence-electron chi connectivity index (χ0n) is 16.8. The van der Waals surface area contributed by atoms with Crippen LogP contribution in [-0.4, -0.2) is 26.4 Å². The lowest BCUT2D eigenvalue weighted by molar-refractivity contribution is -0.0334. The first kappa shape index (κ1) is 20.1. The van der Waals surface area contributed by atoms with Gasteiger partial charge in [-0.1, -0.05) is 60.7 Å². The van der Waals surface area contributed by atoms with Gasteiger partial charge >= 0.3 is 0 Å². The van der Waals surface area contributed by atoms with E-state index in [0.29, 0.717) is 0 Å². The van der Waals surface area contributed by atoms with Crippen molar-refractivity contribution < 1.29 is 9.47 Å². The molecule has 0 spiro atoms. The Kier molecular flexibility index (Phi) is 7.30. The Balaban J connectivity index is 0.000000152. The topological polar surface area (TPSA) is 18.5 Å². The standard InChI is InChI=1S/C18H16.C4H8O2.C4H4S/c1-3-7-15-13(5-1)9-11-18-16-8-4-2-6-14(16)10-12-17(15)18;1-2-6-4-3-5-1;1-2-4-5-3-1/h1,3,5,7,9-12H,2,4,6,8H2;1-4H2;1-4H. The molecule has 0 N–H and O–H groups in total. The van der Waals surface area contributed by atoms with Crippen LogP contribution in [-0.2, 0) is 22.3 Å². The van der Waals surface area contributed by atoms with E-state index in [9.17, 15) is 0 Å². The van der Waals surface area contributed by atoms with Crippen LogP contribution >= 0.6 is 11.3 Å². The number of aryl methyl sites for hydroxylation is 2. The number of hydrogen-bond acceptors (Lipinski definition) is 3. The molecule has 150 valence electrons. The van der Waals surface area contributed by atoms with Crippen LogP contribution in [0.1, 0.15) is 24.0 Å². The van der Waals surface area contributed by atoms with Gasteiger partial charge in [-0.25, -0.2) is 0 Å². The lowest BCUT2D eigenvalue weighted by atomic mass is 9.86. The SMILES string of the molecule is C1COCCO1.c1ccc2c(c1)ccc1c3c(ccc12)CCCC3.c1ccsc1. The third-order valence-electron chi connectivity index (χ3n) is 5.43. The molecule has 1 saturated heterocycles. The van der Waals surface area contributed by atoms with E-state index >= 15 is 0 Å². The van der Waals surface area contributed by atoms with Gasteiger partial charge < -0.3 is 9.47 Å². The van der Waals surface area contributed by atoms with E-state index < -0.39 is 0 Å². The van der Waals surface area contributed by atoms with Crippen molar-refractivity contribution in [3.63, 3.8) is 0 Å². The van der Waals surface area contributed by atoms with Gasteiger partial charge in [0.1, 0.15) is 0 Å². The molecule has 6 rings (SSSR count). The largest absolute Gasteiger partial charge is 0.377 e. The molecule has 29 heavy (non-hydrogen) atoms. The molecule has 0 radical (unpaired) electrons. The molecule has 2 heterocycles. The highest BCUT2D eigenvalue weighted by atomic mass is 32.1. The molecule has 1 aliphatic carbocycles. The molecule has 1 fully saturated rings. The van der Waals surface area contributed by atoms with Crippen molar-refractivity contribution in [3.05, 3.63) is 82.6 Å². The predicted molar refractivity (Wildman–Crippen MR) is 124 cm³/mol. The number of fused-ring (bicyclic) bond motifs is 5. The Morgan fingerprint density at radius 3 is 1.97 bits per heavy atom. The summed E-state index contributed by atoms with van der Waals surface area (Å²) in [5.41, 5.74) is 3.17. The van der Waals surface area contributed by atoms with E-state index in [0.717, 1.165) is 26.4 Å². The molecule has 0 amide bonds. The van der Waals surface area contributed by atoms with Gasteiger partial charge in [-0.05, 0) is 69.1 Å². The predicted octanol–water partition coefficient (Wildman–Crippen LogP) is 6.65. The Morgan fingerprint density at radius 1 is 0.586 bits per heavy atom. The van der Waals surface area contributed by atoms with E-state index in [1.54, 1.807) is 22.5 Å². The highest BCUT2D eigenvalue weighted by Crippen LogP contribution is 2.33. The summed E-state index contributed by atoms with van der Waals surface area (Å²) in [6.45, 7) is 3.11. The molecule has 0 bridgehead atoms. The zero-order valence-corrected chi connectivity index (χ0v) is 17.6. The maximum absolute atomic E-state index is 4.94. The summed E-state index contributed by atoms with van der Waals surface area (Å²) in [5, 5.41) is 9.73. The number of hydrogen-bond donors (Lipinski definition) is 0. The van der Waals surface area contributed by atoms with Gasteiger partial charge in [-0.3, -0.25) is 0 Å². The molecule has 2 nitrogen and oxygen atoms in total. The van der Waals surface area contributed by atoms with Crippen LogP contribution in [0.5, 0.6) is 0 Å². The smallest absolute Gasteiger partial charge is 0.0701 e. The summed E-state index contributed by atoms with van der Waals surface area (Å²) < 4.78 is 9.89. The molecular weight excluding hydrogens is 376 g/mol. The monoisotopic (exact) mass is 404 g/mol. The number of ether oxygens (including phenoxy) is 2. The van der Waals surface area contributed by atoms with E-state index in [-0.39, 0.29) is 0 Å². The molecule has 4 aromatic rings. The summed E-state index contributed by atoms with van der Waals surface area (Å²) in [4.78, 5) is 0. The molecule has 1 aromatic heterocycles. The Morgan fingerprint density at radius 2 is 1.28 bits per heavy atom. The minimum atomic E-state index is 0.778. The first-order chi connectivity index (χ1) is 14.4. The fourth-order valence-electron chi connectivity index (χ4n) is 4.01. The van der Waals surface area contributed by atoms with Gasteiger partial charge in [0.2, 0.25) is 0 Å². The summed E-state index contributed by atoms with van der Waals surface area (Å²) in [6, 6.07) is 22.0. The maximum Gasteiger partial charge on any atom is 0.0701 e. The van der Waals surface area contributed by atoms with Crippen LogP contribution in [0.3, 0.4) is 0 Å². The normalized spacial score (nSPS) is 15.6. The first-order valence-corrected chi connectivity index (χ1v) is 11.4. The van der Waals surface area contributed by atoms with Crippen LogP contribution in [0.25, 0.3) is 21.5 Å². The van der Waals surface area contributed by atoms with Gasteiger partial charge in [-0.15, -0.1) is 0 Å². The van der Waals surface area contributed by atoms with Gasteiger partial charge in [0.25, 0.3) is 0 Å². The minimum absolute atomic E-state index is 0.778. The average Bonchev–Trinajstić information content (AvgIpc) is 3.41. The second-order valence-corrected chi connectivity index (χ2v) is 8.13. The number of thiophene rings is 1. The van der Waals surface area contributed by atoms with Crippen LogP contribution in [0.2, 0.25) is 0 Å². The maximum atomic E-state index is 4.94. The van der Waals surface area contributed by atoms with Gasteiger partial charge in [0.05, 0.1) is 26.4 Å². The highest BCUT2D eigenvalue weighted by Gasteiger charge is 2.13. The van der Waals surface area contributed by atoms with Gasteiger partial charge in [0, 0.05) is 0 Å². The fraction of sp³-hybridized carbons (Fsp3) is 0.308. The Bertz CT molecular complexity index is 991. The third-order valence-corrected chi connectivity index (χ3v) is 6.06. The summed E-state index contributed by atoms with van der Waals surface area (Å²) in [6.07, 6.45) is 5.22. The zero-order chi connectivity index (χ0) is 19.7. The quantitative estimate of drug-likeness (QED) is 0.305. The number of rotatable bonds is 0. The van der Waals surface area contributed by atoms with Crippen molar-refractivity contribution >= 4 is 32.9 Å². The first-order valence-electron chi connectivity index (χ1n) is 10.5. The second-order valence-electron chi connectivity index (χ2n) is 7.31. The van der Waals surface area contributed by atoms with Crippen molar-refractivity contribution in [2.24, 2.45) is 0 Å². The molecule has 0 saturated carbocycles. The Labute approximate surface area is 177 Å². The van der Waals surface area contributed by atoms with Crippen molar-refractivity contribution in [2.45, 2.75) is 25.7 Å². The van der Waals surface area contributed by atoms with E-state index in [1.165, 1.54) is 47.2 Å². The lowest BCUT2D eigenvalue weighted by Crippen LogP contribution is -2.16. The molecular formula is C26H28O2S. The van der Waals surface area contributed by atoms with E-state index in [1.807, 2.05) is 22.9 Å². The highest BCUT2D eigenvalue weighted by molar-refractivity contribution is 7.07. The minimum Gasteiger partial charge on any atom is -0.377 e. The van der Waals surface area contributed by atoms with E-state index in [4.69, 9.17) is 9.47 Å². The summed E-state index contributed by atoms with van der Waals surface area (Å²) in [5.74, 6) is 0.